The monoisotopic (exact) mass is 391 g/mol. The molecule has 3 aromatic rings. The quantitative estimate of drug-likeness (QED) is 0.681. The minimum Gasteiger partial charge on any atom is -0.422 e. The lowest BCUT2D eigenvalue weighted by Crippen LogP contribution is -2.52. The highest BCUT2D eigenvalue weighted by Crippen LogP contribution is 2.15. The molecule has 1 aliphatic rings. The molecule has 1 fully saturated rings. The van der Waals surface area contributed by atoms with E-state index in [0.717, 1.165) is 11.3 Å². The lowest BCUT2D eigenvalue weighted by Gasteiger charge is -2.34. The summed E-state index contributed by atoms with van der Waals surface area (Å²) < 4.78 is 5.26. The zero-order valence-corrected chi connectivity index (χ0v) is 16.1. The van der Waals surface area contributed by atoms with Crippen LogP contribution in [0.3, 0.4) is 0 Å². The summed E-state index contributed by atoms with van der Waals surface area (Å²) >= 11 is 0. The molecule has 0 aliphatic carbocycles. The molecule has 1 N–H and O–H groups in total. The highest BCUT2D eigenvalue weighted by Gasteiger charge is 2.27. The zero-order chi connectivity index (χ0) is 20.4. The van der Waals surface area contributed by atoms with Crippen LogP contribution in [0.4, 0.5) is 10.5 Å². The molecule has 29 heavy (non-hydrogen) atoms. The first kappa shape index (κ1) is 18.7. The molecular weight excluding hydrogens is 370 g/mol. The Morgan fingerprint density at radius 2 is 1.66 bits per heavy atom. The maximum Gasteiger partial charge on any atom is 0.349 e. The summed E-state index contributed by atoms with van der Waals surface area (Å²) in [5, 5.41) is 3.58. The number of hydrogen-bond acceptors (Lipinski definition) is 4. The van der Waals surface area contributed by atoms with Crippen LogP contribution < -0.4 is 10.9 Å². The molecule has 0 bridgehead atoms. The zero-order valence-electron chi connectivity index (χ0n) is 16.1. The second-order valence-electron chi connectivity index (χ2n) is 7.06. The molecule has 4 rings (SSSR count). The number of anilines is 1. The standard InChI is InChI=1S/C22H21N3O4/c1-15-5-4-7-17(13-15)23-22(28)25-11-9-24(10-12-25)20(26)18-14-16-6-2-3-8-19(16)29-21(18)27/h2-8,13-14H,9-12H2,1H3,(H,23,28). The van der Waals surface area contributed by atoms with Gasteiger partial charge in [-0.05, 0) is 36.8 Å². The summed E-state index contributed by atoms with van der Waals surface area (Å²) in [5.41, 5.74) is 1.62. The van der Waals surface area contributed by atoms with Crippen molar-refractivity contribution in [3.05, 3.63) is 76.1 Å². The average Bonchev–Trinajstić information content (AvgIpc) is 2.73. The van der Waals surface area contributed by atoms with Crippen molar-refractivity contribution in [2.45, 2.75) is 6.92 Å². The third-order valence-corrected chi connectivity index (χ3v) is 5.00. The van der Waals surface area contributed by atoms with Crippen LogP contribution in [-0.4, -0.2) is 47.9 Å². The molecule has 1 saturated heterocycles. The van der Waals surface area contributed by atoms with Gasteiger partial charge in [-0.25, -0.2) is 9.59 Å². The van der Waals surface area contributed by atoms with E-state index >= 15 is 0 Å². The first-order chi connectivity index (χ1) is 14.0. The first-order valence-electron chi connectivity index (χ1n) is 9.46. The van der Waals surface area contributed by atoms with Gasteiger partial charge >= 0.3 is 11.7 Å². The summed E-state index contributed by atoms with van der Waals surface area (Å²) in [4.78, 5) is 40.8. The van der Waals surface area contributed by atoms with E-state index in [1.165, 1.54) is 0 Å². The Labute approximate surface area is 167 Å². The summed E-state index contributed by atoms with van der Waals surface area (Å²) in [6.45, 7) is 3.45. The van der Waals surface area contributed by atoms with Gasteiger partial charge in [-0.1, -0.05) is 30.3 Å². The molecule has 7 nitrogen and oxygen atoms in total. The maximum atomic E-state index is 12.8. The van der Waals surface area contributed by atoms with Gasteiger partial charge in [0.05, 0.1) is 0 Å². The summed E-state index contributed by atoms with van der Waals surface area (Å²) in [6.07, 6.45) is 0. The smallest absolute Gasteiger partial charge is 0.349 e. The Hall–Kier alpha value is -3.61. The number of nitrogens with one attached hydrogen (secondary N) is 1. The fraction of sp³-hybridized carbons (Fsp3) is 0.227. The molecule has 3 amide bonds. The number of urea groups is 1. The Kier molecular flexibility index (Phi) is 5.03. The molecule has 148 valence electrons. The lowest BCUT2D eigenvalue weighted by atomic mass is 10.1. The number of rotatable bonds is 2. The van der Waals surface area contributed by atoms with Gasteiger partial charge in [0.2, 0.25) is 0 Å². The highest BCUT2D eigenvalue weighted by atomic mass is 16.4. The van der Waals surface area contributed by atoms with Crippen LogP contribution in [0, 0.1) is 6.92 Å². The molecule has 0 spiro atoms. The minimum absolute atomic E-state index is 0.0152. The molecule has 2 heterocycles. The molecule has 0 atom stereocenters. The van der Waals surface area contributed by atoms with E-state index in [4.69, 9.17) is 4.42 Å². The predicted octanol–water partition coefficient (Wildman–Crippen LogP) is 3.09. The van der Waals surface area contributed by atoms with Crippen molar-refractivity contribution >= 4 is 28.6 Å². The second kappa shape index (κ2) is 7.79. The minimum atomic E-state index is -0.645. The van der Waals surface area contributed by atoms with E-state index in [-0.39, 0.29) is 17.5 Å². The van der Waals surface area contributed by atoms with Gasteiger partial charge in [-0.15, -0.1) is 0 Å². The number of amides is 3. The van der Waals surface area contributed by atoms with Crippen LogP contribution in [0.1, 0.15) is 15.9 Å². The second-order valence-corrected chi connectivity index (χ2v) is 7.06. The molecule has 1 aromatic heterocycles. The van der Waals surface area contributed by atoms with Crippen LogP contribution in [-0.2, 0) is 0 Å². The highest BCUT2D eigenvalue weighted by molar-refractivity contribution is 5.97. The lowest BCUT2D eigenvalue weighted by molar-refractivity contribution is 0.0667. The number of carbonyl (C=O) groups excluding carboxylic acids is 2. The van der Waals surface area contributed by atoms with Gasteiger partial charge in [-0.2, -0.15) is 0 Å². The summed E-state index contributed by atoms with van der Waals surface area (Å²) in [5.74, 6) is -0.372. The molecule has 0 unspecified atom stereocenters. The predicted molar refractivity (Wildman–Crippen MR) is 110 cm³/mol. The Morgan fingerprint density at radius 1 is 0.931 bits per heavy atom. The van der Waals surface area contributed by atoms with E-state index in [2.05, 4.69) is 5.32 Å². The molecule has 0 radical (unpaired) electrons. The number of aryl methyl sites for hydroxylation is 1. The van der Waals surface area contributed by atoms with E-state index in [1.807, 2.05) is 37.3 Å². The number of nitrogens with zero attached hydrogens (tertiary/aromatic N) is 2. The Morgan fingerprint density at radius 3 is 2.41 bits per heavy atom. The normalized spacial score (nSPS) is 14.1. The van der Waals surface area contributed by atoms with Crippen LogP contribution in [0.5, 0.6) is 0 Å². The Balaban J connectivity index is 1.41. The molecule has 7 heteroatoms. The largest absolute Gasteiger partial charge is 0.422 e. The van der Waals surface area contributed by atoms with E-state index < -0.39 is 5.63 Å². The van der Waals surface area contributed by atoms with Crippen LogP contribution in [0.2, 0.25) is 0 Å². The van der Waals surface area contributed by atoms with Crippen molar-refractivity contribution in [3.8, 4) is 0 Å². The van der Waals surface area contributed by atoms with Crippen molar-refractivity contribution in [1.29, 1.82) is 0 Å². The van der Waals surface area contributed by atoms with E-state index in [1.54, 1.807) is 34.1 Å². The molecule has 0 saturated carbocycles. The molecular formula is C22H21N3O4. The van der Waals surface area contributed by atoms with Crippen molar-refractivity contribution in [3.63, 3.8) is 0 Å². The first-order valence-corrected chi connectivity index (χ1v) is 9.46. The number of hydrogen-bond donors (Lipinski definition) is 1. The number of benzene rings is 2. The molecule has 2 aromatic carbocycles. The maximum absolute atomic E-state index is 12.8. The van der Waals surface area contributed by atoms with Gasteiger partial charge < -0.3 is 19.5 Å². The number of para-hydroxylation sites is 1. The van der Waals surface area contributed by atoms with E-state index in [0.29, 0.717) is 37.1 Å². The van der Waals surface area contributed by atoms with Crippen molar-refractivity contribution in [1.82, 2.24) is 9.80 Å². The van der Waals surface area contributed by atoms with Gasteiger partial charge in [-0.3, -0.25) is 4.79 Å². The third kappa shape index (κ3) is 3.99. The van der Waals surface area contributed by atoms with Gasteiger partial charge in [0, 0.05) is 37.3 Å². The number of carbonyl (C=O) groups is 2. The van der Waals surface area contributed by atoms with Crippen LogP contribution in [0.15, 0.2) is 63.8 Å². The fourth-order valence-corrected chi connectivity index (χ4v) is 3.42. The van der Waals surface area contributed by atoms with Crippen LogP contribution in [0.25, 0.3) is 11.0 Å². The number of piperazine rings is 1. The van der Waals surface area contributed by atoms with Crippen molar-refractivity contribution in [2.75, 3.05) is 31.5 Å². The fourth-order valence-electron chi connectivity index (χ4n) is 3.42. The number of fused-ring (bicyclic) bond motifs is 1. The third-order valence-electron chi connectivity index (χ3n) is 5.00. The van der Waals surface area contributed by atoms with Crippen LogP contribution >= 0.6 is 0 Å². The topological polar surface area (TPSA) is 82.9 Å². The Bertz CT molecular complexity index is 1130. The summed E-state index contributed by atoms with van der Waals surface area (Å²) in [6, 6.07) is 16.0. The summed E-state index contributed by atoms with van der Waals surface area (Å²) in [7, 11) is 0. The van der Waals surface area contributed by atoms with E-state index in [9.17, 15) is 14.4 Å². The van der Waals surface area contributed by atoms with Gasteiger partial charge in [0.25, 0.3) is 5.91 Å². The van der Waals surface area contributed by atoms with Crippen molar-refractivity contribution in [2.24, 2.45) is 0 Å². The SMILES string of the molecule is Cc1cccc(NC(=O)N2CCN(C(=O)c3cc4ccccc4oc3=O)CC2)c1. The van der Waals surface area contributed by atoms with Crippen molar-refractivity contribution < 1.29 is 14.0 Å². The average molecular weight is 391 g/mol. The van der Waals surface area contributed by atoms with Gasteiger partial charge in [0.1, 0.15) is 11.1 Å². The van der Waals surface area contributed by atoms with Gasteiger partial charge in [0.15, 0.2) is 0 Å². The molecule has 1 aliphatic heterocycles.